The number of aryl methyl sites for hydroxylation is 2. The first-order valence-corrected chi connectivity index (χ1v) is 9.36. The summed E-state index contributed by atoms with van der Waals surface area (Å²) in [5.74, 6) is -0.615. The van der Waals surface area contributed by atoms with Crippen LogP contribution in [0.2, 0.25) is 0 Å². The smallest absolute Gasteiger partial charge is 0.310 e. The molecule has 1 amide bonds. The van der Waals surface area contributed by atoms with Crippen LogP contribution >= 0.6 is 0 Å². The van der Waals surface area contributed by atoms with Gasteiger partial charge in [0, 0.05) is 13.6 Å². The van der Waals surface area contributed by atoms with Gasteiger partial charge in [-0.25, -0.2) is 0 Å². The van der Waals surface area contributed by atoms with Crippen LogP contribution in [0.25, 0.3) is 10.8 Å². The number of hydrogen-bond donors (Lipinski definition) is 0. The Labute approximate surface area is 165 Å². The molecule has 0 unspecified atom stereocenters. The standard InChI is InChI=1S/C24H25NO3/c1-17-11-12-21(18(2)13-17)15-25(3)23(26)16-28-24(27)14-20-9-6-8-19-7-4-5-10-22(19)20/h4-13H,14-16H2,1-3H3. The third-order valence-corrected chi connectivity index (χ3v) is 4.90. The Morgan fingerprint density at radius 3 is 2.46 bits per heavy atom. The summed E-state index contributed by atoms with van der Waals surface area (Å²) in [5.41, 5.74) is 4.33. The van der Waals surface area contributed by atoms with Gasteiger partial charge in [0.2, 0.25) is 0 Å². The number of amides is 1. The second kappa shape index (κ2) is 8.70. The number of rotatable bonds is 6. The molecule has 0 atom stereocenters. The van der Waals surface area contributed by atoms with Crippen molar-refractivity contribution >= 4 is 22.6 Å². The number of fused-ring (bicyclic) bond motifs is 1. The number of ether oxygens (including phenoxy) is 1. The van der Waals surface area contributed by atoms with Gasteiger partial charge in [0.05, 0.1) is 6.42 Å². The molecule has 0 aliphatic heterocycles. The van der Waals surface area contributed by atoms with Crippen LogP contribution in [0.1, 0.15) is 22.3 Å². The van der Waals surface area contributed by atoms with Crippen LogP contribution < -0.4 is 0 Å². The molecule has 0 radical (unpaired) electrons. The van der Waals surface area contributed by atoms with Crippen LogP contribution in [0.3, 0.4) is 0 Å². The van der Waals surface area contributed by atoms with E-state index in [0.717, 1.165) is 27.5 Å². The quantitative estimate of drug-likeness (QED) is 0.607. The Bertz CT molecular complexity index is 1000. The zero-order valence-corrected chi connectivity index (χ0v) is 16.6. The lowest BCUT2D eigenvalue weighted by atomic mass is 10.0. The topological polar surface area (TPSA) is 46.6 Å². The molecule has 0 heterocycles. The van der Waals surface area contributed by atoms with E-state index in [9.17, 15) is 9.59 Å². The summed E-state index contributed by atoms with van der Waals surface area (Å²) in [6.07, 6.45) is 0.148. The Morgan fingerprint density at radius 1 is 0.929 bits per heavy atom. The second-order valence-corrected chi connectivity index (χ2v) is 7.16. The maximum atomic E-state index is 12.3. The molecule has 0 bridgehead atoms. The zero-order valence-electron chi connectivity index (χ0n) is 16.6. The number of esters is 1. The Balaban J connectivity index is 1.55. The summed E-state index contributed by atoms with van der Waals surface area (Å²) in [5, 5.41) is 2.11. The summed E-state index contributed by atoms with van der Waals surface area (Å²) in [6, 6.07) is 19.9. The molecule has 28 heavy (non-hydrogen) atoms. The van der Waals surface area contributed by atoms with Gasteiger partial charge < -0.3 is 9.64 Å². The second-order valence-electron chi connectivity index (χ2n) is 7.16. The molecule has 3 aromatic rings. The average Bonchev–Trinajstić information content (AvgIpc) is 2.68. The van der Waals surface area contributed by atoms with E-state index in [1.165, 1.54) is 5.56 Å². The highest BCUT2D eigenvalue weighted by Gasteiger charge is 2.14. The highest BCUT2D eigenvalue weighted by Crippen LogP contribution is 2.19. The minimum atomic E-state index is -0.399. The molecule has 4 nitrogen and oxygen atoms in total. The van der Waals surface area contributed by atoms with Crippen molar-refractivity contribution in [2.24, 2.45) is 0 Å². The zero-order chi connectivity index (χ0) is 20.1. The fraction of sp³-hybridized carbons (Fsp3) is 0.250. The lowest BCUT2D eigenvalue weighted by molar-refractivity contribution is -0.151. The molecule has 0 aromatic heterocycles. The summed E-state index contributed by atoms with van der Waals surface area (Å²) in [7, 11) is 1.72. The minimum absolute atomic E-state index is 0.148. The number of likely N-dealkylation sites (N-methyl/N-ethyl adjacent to an activating group) is 1. The summed E-state index contributed by atoms with van der Waals surface area (Å²) in [6.45, 7) is 4.32. The third-order valence-electron chi connectivity index (χ3n) is 4.90. The van der Waals surface area contributed by atoms with Gasteiger partial charge in [0.15, 0.2) is 6.61 Å². The van der Waals surface area contributed by atoms with Gasteiger partial charge in [0.25, 0.3) is 5.91 Å². The summed E-state index contributed by atoms with van der Waals surface area (Å²) < 4.78 is 5.23. The van der Waals surface area contributed by atoms with E-state index in [4.69, 9.17) is 4.74 Å². The molecule has 4 heteroatoms. The van der Waals surface area contributed by atoms with Crippen LogP contribution in [0.4, 0.5) is 0 Å². The van der Waals surface area contributed by atoms with E-state index in [2.05, 4.69) is 6.07 Å². The molecule has 0 aliphatic carbocycles. The highest BCUT2D eigenvalue weighted by molar-refractivity contribution is 5.89. The molecule has 0 saturated heterocycles. The maximum absolute atomic E-state index is 12.3. The fourth-order valence-corrected chi connectivity index (χ4v) is 3.27. The summed E-state index contributed by atoms with van der Waals surface area (Å²) >= 11 is 0. The fourth-order valence-electron chi connectivity index (χ4n) is 3.27. The van der Waals surface area contributed by atoms with Crippen molar-refractivity contribution in [3.63, 3.8) is 0 Å². The number of benzene rings is 3. The third kappa shape index (κ3) is 4.77. The molecular formula is C24H25NO3. The van der Waals surface area contributed by atoms with Crippen LogP contribution in [-0.2, 0) is 27.3 Å². The predicted molar refractivity (Wildman–Crippen MR) is 111 cm³/mol. The van der Waals surface area contributed by atoms with Crippen molar-refractivity contribution in [2.75, 3.05) is 13.7 Å². The molecule has 0 aliphatic rings. The van der Waals surface area contributed by atoms with E-state index < -0.39 is 5.97 Å². The number of nitrogens with zero attached hydrogens (tertiary/aromatic N) is 1. The van der Waals surface area contributed by atoms with E-state index in [1.54, 1.807) is 11.9 Å². The first kappa shape index (κ1) is 19.6. The summed E-state index contributed by atoms with van der Waals surface area (Å²) in [4.78, 5) is 26.2. The largest absolute Gasteiger partial charge is 0.455 e. The van der Waals surface area contributed by atoms with Crippen molar-refractivity contribution in [1.29, 1.82) is 0 Å². The van der Waals surface area contributed by atoms with Crippen molar-refractivity contribution in [3.8, 4) is 0 Å². The SMILES string of the molecule is Cc1ccc(CN(C)C(=O)COC(=O)Cc2cccc3ccccc23)c(C)c1. The molecule has 144 valence electrons. The van der Waals surface area contributed by atoms with Crippen LogP contribution in [0, 0.1) is 13.8 Å². The van der Waals surface area contributed by atoms with Crippen molar-refractivity contribution in [2.45, 2.75) is 26.8 Å². The van der Waals surface area contributed by atoms with Gasteiger partial charge in [-0.1, -0.05) is 66.2 Å². The van der Waals surface area contributed by atoms with E-state index in [1.807, 2.05) is 68.4 Å². The lowest BCUT2D eigenvalue weighted by Gasteiger charge is -2.19. The molecule has 3 rings (SSSR count). The van der Waals surface area contributed by atoms with E-state index >= 15 is 0 Å². The highest BCUT2D eigenvalue weighted by atomic mass is 16.5. The van der Waals surface area contributed by atoms with Gasteiger partial charge in [0.1, 0.15) is 0 Å². The van der Waals surface area contributed by atoms with Gasteiger partial charge in [-0.15, -0.1) is 0 Å². The Kier molecular flexibility index (Phi) is 6.09. The average molecular weight is 375 g/mol. The maximum Gasteiger partial charge on any atom is 0.310 e. The van der Waals surface area contributed by atoms with Gasteiger partial charge in [-0.05, 0) is 41.3 Å². The number of carbonyl (C=O) groups excluding carboxylic acids is 2. The Morgan fingerprint density at radius 2 is 1.68 bits per heavy atom. The monoisotopic (exact) mass is 375 g/mol. The van der Waals surface area contributed by atoms with Gasteiger partial charge in [-0.3, -0.25) is 9.59 Å². The predicted octanol–water partition coefficient (Wildman–Crippen LogP) is 4.20. The van der Waals surface area contributed by atoms with Crippen molar-refractivity contribution in [1.82, 2.24) is 4.90 Å². The van der Waals surface area contributed by atoms with Gasteiger partial charge in [-0.2, -0.15) is 0 Å². The number of hydrogen-bond acceptors (Lipinski definition) is 3. The molecule has 0 fully saturated rings. The molecular weight excluding hydrogens is 350 g/mol. The van der Waals surface area contributed by atoms with Crippen molar-refractivity contribution < 1.29 is 14.3 Å². The molecule has 3 aromatic carbocycles. The first-order chi connectivity index (χ1) is 13.4. The molecule has 0 spiro atoms. The Hall–Kier alpha value is -3.14. The van der Waals surface area contributed by atoms with Crippen molar-refractivity contribution in [3.05, 3.63) is 82.9 Å². The van der Waals surface area contributed by atoms with Gasteiger partial charge >= 0.3 is 5.97 Å². The molecule has 0 N–H and O–H groups in total. The minimum Gasteiger partial charge on any atom is -0.455 e. The number of carbonyl (C=O) groups is 2. The van der Waals surface area contributed by atoms with Crippen LogP contribution in [0.15, 0.2) is 60.7 Å². The van der Waals surface area contributed by atoms with E-state index in [-0.39, 0.29) is 18.9 Å². The van der Waals surface area contributed by atoms with Crippen LogP contribution in [0.5, 0.6) is 0 Å². The first-order valence-electron chi connectivity index (χ1n) is 9.36. The van der Waals surface area contributed by atoms with E-state index in [0.29, 0.717) is 6.54 Å². The normalized spacial score (nSPS) is 10.7. The molecule has 0 saturated carbocycles. The lowest BCUT2D eigenvalue weighted by Crippen LogP contribution is -2.31. The van der Waals surface area contributed by atoms with Crippen LogP contribution in [-0.4, -0.2) is 30.4 Å².